The van der Waals surface area contributed by atoms with E-state index in [9.17, 15) is 0 Å². The van der Waals surface area contributed by atoms with E-state index < -0.39 is 0 Å². The van der Waals surface area contributed by atoms with Gasteiger partial charge >= 0.3 is 0 Å². The van der Waals surface area contributed by atoms with Crippen LogP contribution >= 0.6 is 11.3 Å². The second-order valence-electron chi connectivity index (χ2n) is 3.75. The molecule has 0 aliphatic rings. The molecule has 0 aliphatic heterocycles. The molecule has 17 heavy (non-hydrogen) atoms. The van der Waals surface area contributed by atoms with Gasteiger partial charge in [0, 0.05) is 11.6 Å². The number of thiazole rings is 1. The van der Waals surface area contributed by atoms with Crippen molar-refractivity contribution in [3.05, 3.63) is 46.4 Å². The van der Waals surface area contributed by atoms with Crippen molar-refractivity contribution in [3.8, 4) is 5.75 Å². The van der Waals surface area contributed by atoms with Crippen LogP contribution in [0.4, 0.5) is 0 Å². The Bertz CT molecular complexity index is 442. The van der Waals surface area contributed by atoms with Crippen LogP contribution in [0.1, 0.15) is 17.0 Å². The molecule has 0 amide bonds. The third-order valence-corrected chi connectivity index (χ3v) is 3.17. The molecule has 3 nitrogen and oxygen atoms in total. The smallest absolute Gasteiger partial charge is 0.140 e. The molecular formula is C13H16N2OS. The Labute approximate surface area is 105 Å². The van der Waals surface area contributed by atoms with Crippen molar-refractivity contribution in [1.82, 2.24) is 4.98 Å². The maximum Gasteiger partial charge on any atom is 0.140 e. The second kappa shape index (κ2) is 6.37. The average Bonchev–Trinajstić information content (AvgIpc) is 2.87. The zero-order valence-corrected chi connectivity index (χ0v) is 10.5. The number of aromatic nitrogens is 1. The van der Waals surface area contributed by atoms with Crippen molar-refractivity contribution in [2.24, 2.45) is 5.73 Å². The summed E-state index contributed by atoms with van der Waals surface area (Å²) in [5.41, 5.74) is 6.77. The number of rotatable bonds is 6. The molecule has 1 heterocycles. The second-order valence-corrected chi connectivity index (χ2v) is 4.73. The molecule has 0 saturated carbocycles. The van der Waals surface area contributed by atoms with Crippen molar-refractivity contribution in [2.75, 3.05) is 6.54 Å². The first-order chi connectivity index (χ1) is 8.38. The van der Waals surface area contributed by atoms with Crippen LogP contribution in [-0.2, 0) is 13.0 Å². The molecule has 0 saturated heterocycles. The lowest BCUT2D eigenvalue weighted by molar-refractivity contribution is 0.305. The lowest BCUT2D eigenvalue weighted by atomic mass is 10.1. The van der Waals surface area contributed by atoms with Gasteiger partial charge in [0.1, 0.15) is 17.4 Å². The number of ether oxygens (including phenoxy) is 1. The third-order valence-electron chi connectivity index (χ3n) is 2.41. The van der Waals surface area contributed by atoms with E-state index in [0.29, 0.717) is 6.61 Å². The molecule has 90 valence electrons. The summed E-state index contributed by atoms with van der Waals surface area (Å²) in [6.07, 6.45) is 3.81. The summed E-state index contributed by atoms with van der Waals surface area (Å²) in [5.74, 6) is 0.898. The van der Waals surface area contributed by atoms with E-state index in [0.717, 1.165) is 30.1 Å². The van der Waals surface area contributed by atoms with Crippen LogP contribution < -0.4 is 10.5 Å². The minimum Gasteiger partial charge on any atom is -0.486 e. The Balaban J connectivity index is 1.91. The molecule has 2 aromatic rings. The fraction of sp³-hybridized carbons (Fsp3) is 0.308. The van der Waals surface area contributed by atoms with Crippen LogP contribution in [0.5, 0.6) is 5.75 Å². The molecule has 0 aliphatic carbocycles. The molecule has 2 N–H and O–H groups in total. The molecule has 4 heteroatoms. The predicted octanol–water partition coefficient (Wildman–Crippen LogP) is 2.61. The molecule has 0 unspecified atom stereocenters. The van der Waals surface area contributed by atoms with Gasteiger partial charge in [0.25, 0.3) is 0 Å². The largest absolute Gasteiger partial charge is 0.486 e. The van der Waals surface area contributed by atoms with Gasteiger partial charge in [0.2, 0.25) is 0 Å². The fourth-order valence-electron chi connectivity index (χ4n) is 1.57. The van der Waals surface area contributed by atoms with Crippen molar-refractivity contribution in [1.29, 1.82) is 0 Å². The number of benzene rings is 1. The van der Waals surface area contributed by atoms with Crippen molar-refractivity contribution in [2.45, 2.75) is 19.4 Å². The summed E-state index contributed by atoms with van der Waals surface area (Å²) >= 11 is 1.61. The minimum absolute atomic E-state index is 0.540. The van der Waals surface area contributed by atoms with E-state index >= 15 is 0 Å². The summed E-state index contributed by atoms with van der Waals surface area (Å²) in [6.45, 7) is 1.27. The molecule has 0 spiro atoms. The molecule has 2 rings (SSSR count). The van der Waals surface area contributed by atoms with Crippen LogP contribution in [0.15, 0.2) is 35.8 Å². The van der Waals surface area contributed by atoms with E-state index in [-0.39, 0.29) is 0 Å². The van der Waals surface area contributed by atoms with Gasteiger partial charge < -0.3 is 10.5 Å². The Morgan fingerprint density at radius 3 is 3.06 bits per heavy atom. The summed E-state index contributed by atoms with van der Waals surface area (Å²) in [4.78, 5) is 4.18. The third kappa shape index (κ3) is 3.84. The highest BCUT2D eigenvalue weighted by Gasteiger charge is 1.99. The van der Waals surface area contributed by atoms with Crippen molar-refractivity contribution in [3.63, 3.8) is 0 Å². The Hall–Kier alpha value is -1.39. The van der Waals surface area contributed by atoms with E-state index in [1.165, 1.54) is 5.56 Å². The van der Waals surface area contributed by atoms with Gasteiger partial charge in [0.15, 0.2) is 0 Å². The summed E-state index contributed by atoms with van der Waals surface area (Å²) in [6, 6.07) is 8.16. The molecule has 0 atom stereocenters. The van der Waals surface area contributed by atoms with Gasteiger partial charge in [-0.1, -0.05) is 12.1 Å². The SMILES string of the molecule is NCCCc1cccc(OCc2nccs2)c1. The molecule has 1 aromatic heterocycles. The maximum absolute atomic E-state index is 5.69. The number of hydrogen-bond donors (Lipinski definition) is 1. The highest BCUT2D eigenvalue weighted by atomic mass is 32.1. The van der Waals surface area contributed by atoms with E-state index in [4.69, 9.17) is 10.5 Å². The minimum atomic E-state index is 0.540. The highest BCUT2D eigenvalue weighted by Crippen LogP contribution is 2.16. The van der Waals surface area contributed by atoms with Crippen LogP contribution in [0.25, 0.3) is 0 Å². The first-order valence-electron chi connectivity index (χ1n) is 5.68. The van der Waals surface area contributed by atoms with Crippen LogP contribution in [-0.4, -0.2) is 11.5 Å². The Morgan fingerprint density at radius 1 is 1.35 bits per heavy atom. The molecule has 0 radical (unpaired) electrons. The van der Waals surface area contributed by atoms with Gasteiger partial charge in [-0.3, -0.25) is 0 Å². The van der Waals surface area contributed by atoms with Crippen molar-refractivity contribution < 1.29 is 4.74 Å². The summed E-state index contributed by atoms with van der Waals surface area (Å²) < 4.78 is 5.69. The zero-order valence-electron chi connectivity index (χ0n) is 9.63. The quantitative estimate of drug-likeness (QED) is 0.855. The molecule has 0 bridgehead atoms. The lowest BCUT2D eigenvalue weighted by Crippen LogP contribution is -2.00. The van der Waals surface area contributed by atoms with Gasteiger partial charge in [0.05, 0.1) is 0 Å². The standard InChI is InChI=1S/C13H16N2OS/c14-6-2-4-11-3-1-5-12(9-11)16-10-13-15-7-8-17-13/h1,3,5,7-9H,2,4,6,10,14H2. The highest BCUT2D eigenvalue weighted by molar-refractivity contribution is 7.09. The van der Waals surface area contributed by atoms with E-state index in [1.807, 2.05) is 17.5 Å². The topological polar surface area (TPSA) is 48.1 Å². The average molecular weight is 248 g/mol. The maximum atomic E-state index is 5.69. The van der Waals surface area contributed by atoms with Crippen LogP contribution in [0, 0.1) is 0 Å². The summed E-state index contributed by atoms with van der Waals surface area (Å²) in [7, 11) is 0. The van der Waals surface area contributed by atoms with Crippen LogP contribution in [0.3, 0.4) is 0 Å². The van der Waals surface area contributed by atoms with Crippen LogP contribution in [0.2, 0.25) is 0 Å². The van der Waals surface area contributed by atoms with E-state index in [2.05, 4.69) is 17.1 Å². The molecular weight excluding hydrogens is 232 g/mol. The van der Waals surface area contributed by atoms with Gasteiger partial charge in [-0.15, -0.1) is 11.3 Å². The van der Waals surface area contributed by atoms with E-state index in [1.54, 1.807) is 17.5 Å². The lowest BCUT2D eigenvalue weighted by Gasteiger charge is -2.06. The number of hydrogen-bond acceptors (Lipinski definition) is 4. The number of nitrogens with zero attached hydrogens (tertiary/aromatic N) is 1. The summed E-state index contributed by atoms with van der Waals surface area (Å²) in [5, 5.41) is 2.95. The Morgan fingerprint density at radius 2 is 2.29 bits per heavy atom. The number of nitrogens with two attached hydrogens (primary N) is 1. The first-order valence-corrected chi connectivity index (χ1v) is 6.56. The Kier molecular flexibility index (Phi) is 4.53. The number of aryl methyl sites for hydroxylation is 1. The molecule has 1 aromatic carbocycles. The van der Waals surface area contributed by atoms with Gasteiger partial charge in [-0.05, 0) is 37.1 Å². The predicted molar refractivity (Wildman–Crippen MR) is 70.3 cm³/mol. The van der Waals surface area contributed by atoms with Gasteiger partial charge in [-0.2, -0.15) is 0 Å². The monoisotopic (exact) mass is 248 g/mol. The molecule has 0 fully saturated rings. The normalized spacial score (nSPS) is 10.4. The zero-order chi connectivity index (χ0) is 11.9. The first kappa shape index (κ1) is 12.1. The van der Waals surface area contributed by atoms with Crippen molar-refractivity contribution >= 4 is 11.3 Å². The fourth-order valence-corrected chi connectivity index (χ4v) is 2.09. The van der Waals surface area contributed by atoms with Gasteiger partial charge in [-0.25, -0.2) is 4.98 Å².